The first-order valence-corrected chi connectivity index (χ1v) is 15.7. The van der Waals surface area contributed by atoms with E-state index in [4.69, 9.17) is 9.72 Å². The number of hydrogen-bond acceptors (Lipinski definition) is 5. The van der Waals surface area contributed by atoms with E-state index in [0.717, 1.165) is 77.4 Å². The van der Waals surface area contributed by atoms with E-state index >= 15 is 0 Å². The van der Waals surface area contributed by atoms with Crippen molar-refractivity contribution in [2.75, 3.05) is 19.6 Å². The molecule has 2 aromatic carbocycles. The predicted molar refractivity (Wildman–Crippen MR) is 169 cm³/mol. The lowest BCUT2D eigenvalue weighted by Gasteiger charge is -2.27. The molecule has 0 radical (unpaired) electrons. The van der Waals surface area contributed by atoms with Crippen LogP contribution in [0.1, 0.15) is 101 Å². The molecule has 2 atom stereocenters. The van der Waals surface area contributed by atoms with Crippen LogP contribution in [0.2, 0.25) is 0 Å². The van der Waals surface area contributed by atoms with Crippen LogP contribution in [0.3, 0.4) is 0 Å². The third-order valence-electron chi connectivity index (χ3n) is 8.33. The Bertz CT molecular complexity index is 1630. The normalized spacial score (nSPS) is 19.1. The lowest BCUT2D eigenvalue weighted by Crippen LogP contribution is -2.36. The Hall–Kier alpha value is -4.09. The summed E-state index contributed by atoms with van der Waals surface area (Å²) >= 11 is 0. The first kappa shape index (κ1) is 29.0. The molecular weight excluding hydrogens is 536 g/mol. The number of nitrogens with zero attached hydrogens (tertiary/aromatic N) is 4. The van der Waals surface area contributed by atoms with Gasteiger partial charge in [0.15, 0.2) is 0 Å². The maximum atomic E-state index is 12.8. The summed E-state index contributed by atoms with van der Waals surface area (Å²) in [5, 5.41) is 0. The van der Waals surface area contributed by atoms with Gasteiger partial charge in [0.05, 0.1) is 29.3 Å². The molecule has 2 aromatic heterocycles. The van der Waals surface area contributed by atoms with Gasteiger partial charge in [-0.2, -0.15) is 0 Å². The summed E-state index contributed by atoms with van der Waals surface area (Å²) in [4.78, 5) is 33.6. The highest BCUT2D eigenvalue weighted by molar-refractivity contribution is 5.82. The van der Waals surface area contributed by atoms with Gasteiger partial charge < -0.3 is 14.7 Å². The van der Waals surface area contributed by atoms with E-state index in [0.29, 0.717) is 12.6 Å². The number of aromatic nitrogens is 4. The van der Waals surface area contributed by atoms with Gasteiger partial charge in [0.1, 0.15) is 22.9 Å². The van der Waals surface area contributed by atoms with Crippen molar-refractivity contribution in [1.29, 1.82) is 0 Å². The maximum Gasteiger partial charge on any atom is 0.410 e. The number of fused-ring (bicyclic) bond motifs is 1. The van der Waals surface area contributed by atoms with Gasteiger partial charge in [0.2, 0.25) is 0 Å². The number of ether oxygens (including phenoxy) is 1. The van der Waals surface area contributed by atoms with E-state index in [1.54, 1.807) is 4.90 Å². The van der Waals surface area contributed by atoms with Crippen molar-refractivity contribution in [1.82, 2.24) is 29.7 Å². The Morgan fingerprint density at radius 2 is 1.74 bits per heavy atom. The number of amides is 1. The number of nitrogens with one attached hydrogen (secondary N) is 2. The second kappa shape index (κ2) is 12.3. The minimum atomic E-state index is -0.526. The van der Waals surface area contributed by atoms with E-state index in [-0.39, 0.29) is 12.1 Å². The Morgan fingerprint density at radius 3 is 2.53 bits per heavy atom. The second-order valence-corrected chi connectivity index (χ2v) is 12.7. The third-order valence-corrected chi connectivity index (χ3v) is 8.33. The van der Waals surface area contributed by atoms with Gasteiger partial charge >= 0.3 is 6.09 Å². The molecule has 43 heavy (non-hydrogen) atoms. The maximum absolute atomic E-state index is 12.8. The molecule has 2 N–H and O–H groups in total. The van der Waals surface area contributed by atoms with Crippen molar-refractivity contribution in [3.05, 3.63) is 71.6 Å². The summed E-state index contributed by atoms with van der Waals surface area (Å²) in [6, 6.07) is 14.9. The van der Waals surface area contributed by atoms with Crippen molar-refractivity contribution >= 4 is 17.1 Å². The van der Waals surface area contributed by atoms with Crippen LogP contribution in [0.25, 0.3) is 22.2 Å². The van der Waals surface area contributed by atoms with Gasteiger partial charge in [0.25, 0.3) is 0 Å². The molecule has 0 aliphatic carbocycles. The number of aromatic amines is 2. The Balaban J connectivity index is 1.13. The van der Waals surface area contributed by atoms with Crippen LogP contribution in [0.5, 0.6) is 0 Å². The largest absolute Gasteiger partial charge is 0.444 e. The first-order valence-electron chi connectivity index (χ1n) is 15.7. The van der Waals surface area contributed by atoms with Gasteiger partial charge in [-0.05, 0) is 107 Å². The molecule has 0 saturated carbocycles. The van der Waals surface area contributed by atoms with Gasteiger partial charge in [-0.1, -0.05) is 37.5 Å². The van der Waals surface area contributed by atoms with E-state index in [1.165, 1.54) is 19.3 Å². The Labute approximate surface area is 254 Å². The average Bonchev–Trinajstić information content (AvgIpc) is 3.79. The van der Waals surface area contributed by atoms with Gasteiger partial charge in [-0.15, -0.1) is 0 Å². The zero-order valence-corrected chi connectivity index (χ0v) is 25.7. The van der Waals surface area contributed by atoms with Crippen LogP contribution < -0.4 is 0 Å². The molecule has 4 aromatic rings. The predicted octanol–water partition coefficient (Wildman–Crippen LogP) is 7.36. The first-order chi connectivity index (χ1) is 20.8. The van der Waals surface area contributed by atoms with Crippen LogP contribution in [-0.2, 0) is 4.74 Å². The number of hydrogen-bond donors (Lipinski definition) is 2. The fourth-order valence-corrected chi connectivity index (χ4v) is 6.18. The number of rotatable bonds is 6. The number of H-pyrrole nitrogens is 2. The highest BCUT2D eigenvalue weighted by atomic mass is 16.6. The van der Waals surface area contributed by atoms with Crippen molar-refractivity contribution < 1.29 is 9.53 Å². The number of carbonyl (C=O) groups is 1. The van der Waals surface area contributed by atoms with Crippen molar-refractivity contribution in [3.63, 3.8) is 0 Å². The quantitative estimate of drug-likeness (QED) is 0.233. The third kappa shape index (κ3) is 6.62. The van der Waals surface area contributed by atoms with Crippen molar-refractivity contribution in [2.45, 2.75) is 83.9 Å². The fraction of sp³-hybridized carbons (Fsp3) is 0.457. The molecule has 2 aliphatic rings. The number of imidazole rings is 2. The standard InChI is InChI=1S/C35H42N6O2/c1-5-6-19-40-20-7-9-30(40)32-36-23-27(37-32)17-13-24-11-14-25(15-12-24)26-16-18-28-29(22-26)39-33(38-28)31-10-8-21-41(31)34(42)43-35(2,3)4/h11-12,14-16,18,22-23,30-31H,5-10,19-21H2,1-4H3,(H,36,37)(H,38,39)/t30?,31-/m0/s1. The van der Waals surface area contributed by atoms with Crippen LogP contribution in [0.15, 0.2) is 48.7 Å². The van der Waals surface area contributed by atoms with Gasteiger partial charge in [-0.25, -0.2) is 14.8 Å². The van der Waals surface area contributed by atoms with Crippen molar-refractivity contribution in [2.24, 2.45) is 0 Å². The van der Waals surface area contributed by atoms with Crippen LogP contribution in [0, 0.1) is 11.8 Å². The number of likely N-dealkylation sites (tertiary alicyclic amines) is 2. The molecule has 224 valence electrons. The highest BCUT2D eigenvalue weighted by Gasteiger charge is 2.35. The fourth-order valence-electron chi connectivity index (χ4n) is 6.18. The highest BCUT2D eigenvalue weighted by Crippen LogP contribution is 2.34. The molecule has 2 fully saturated rings. The van der Waals surface area contributed by atoms with Crippen LogP contribution >= 0.6 is 0 Å². The van der Waals surface area contributed by atoms with Gasteiger partial charge in [0, 0.05) is 12.1 Å². The lowest BCUT2D eigenvalue weighted by molar-refractivity contribution is 0.0219. The molecule has 1 unspecified atom stereocenters. The zero-order valence-electron chi connectivity index (χ0n) is 25.7. The number of carbonyl (C=O) groups excluding carboxylic acids is 1. The van der Waals surface area contributed by atoms with Crippen molar-refractivity contribution in [3.8, 4) is 23.0 Å². The molecule has 0 bridgehead atoms. The summed E-state index contributed by atoms with van der Waals surface area (Å²) in [7, 11) is 0. The summed E-state index contributed by atoms with van der Waals surface area (Å²) in [5.74, 6) is 8.40. The van der Waals surface area contributed by atoms with E-state index in [2.05, 4.69) is 75.0 Å². The minimum Gasteiger partial charge on any atom is -0.444 e. The Kier molecular flexibility index (Phi) is 8.27. The summed E-state index contributed by atoms with van der Waals surface area (Å²) in [5.41, 5.74) is 5.34. The minimum absolute atomic E-state index is 0.104. The van der Waals surface area contributed by atoms with Crippen LogP contribution in [-0.4, -0.2) is 61.1 Å². The molecular formula is C35H42N6O2. The molecule has 4 heterocycles. The van der Waals surface area contributed by atoms with Crippen LogP contribution in [0.4, 0.5) is 4.79 Å². The van der Waals surface area contributed by atoms with Gasteiger partial charge in [-0.3, -0.25) is 9.80 Å². The lowest BCUT2D eigenvalue weighted by atomic mass is 10.0. The van der Waals surface area contributed by atoms with E-state index in [9.17, 15) is 4.79 Å². The summed E-state index contributed by atoms with van der Waals surface area (Å²) < 4.78 is 5.64. The second-order valence-electron chi connectivity index (χ2n) is 12.7. The molecule has 8 heteroatoms. The number of unbranched alkanes of at least 4 members (excludes halogenated alkanes) is 1. The zero-order chi connectivity index (χ0) is 30.0. The summed E-state index contributed by atoms with van der Waals surface area (Å²) in [6.07, 6.45) is 8.20. The smallest absolute Gasteiger partial charge is 0.410 e. The SMILES string of the molecule is CCCCN1CCCC1c1ncc(C#Cc2ccc(-c3ccc4nc([C@@H]5CCCN5C(=O)OC(C)(C)C)[nH]c4c3)cc2)[nH]1. The summed E-state index contributed by atoms with van der Waals surface area (Å²) in [6.45, 7) is 10.9. The molecule has 1 amide bonds. The Morgan fingerprint density at radius 1 is 0.977 bits per heavy atom. The molecule has 0 spiro atoms. The van der Waals surface area contributed by atoms with E-state index in [1.807, 2.05) is 33.0 Å². The molecule has 8 nitrogen and oxygen atoms in total. The monoisotopic (exact) mass is 578 g/mol. The average molecular weight is 579 g/mol. The van der Waals surface area contributed by atoms with E-state index < -0.39 is 5.60 Å². The molecule has 2 aliphatic heterocycles. The molecule has 6 rings (SSSR count). The molecule has 2 saturated heterocycles. The topological polar surface area (TPSA) is 90.1 Å². The number of benzene rings is 2.